The number of benzene rings is 1. The monoisotopic (exact) mass is 283 g/mol. The molecule has 1 aromatic carbocycles. The van der Waals surface area contributed by atoms with Crippen molar-refractivity contribution < 1.29 is 9.90 Å². The molecular weight excluding hydrogens is 270 g/mol. The minimum Gasteiger partial charge on any atom is -0.391 e. The van der Waals surface area contributed by atoms with Gasteiger partial charge in [0.05, 0.1) is 6.10 Å². The zero-order chi connectivity index (χ0) is 11.7. The van der Waals surface area contributed by atoms with Gasteiger partial charge in [0.15, 0.2) is 0 Å². The highest BCUT2D eigenvalue weighted by molar-refractivity contribution is 9.10. The first-order valence-electron chi connectivity index (χ1n) is 5.32. The first kappa shape index (κ1) is 11.6. The Hall–Kier alpha value is -0.870. The smallest absolute Gasteiger partial charge is 0.254 e. The molecule has 0 radical (unpaired) electrons. The number of hydrogen-bond donors (Lipinski definition) is 1. The molecule has 1 N–H and O–H groups in total. The van der Waals surface area contributed by atoms with Gasteiger partial charge in [0.2, 0.25) is 0 Å². The predicted molar refractivity (Wildman–Crippen MR) is 65.4 cm³/mol. The zero-order valence-corrected chi connectivity index (χ0v) is 10.7. The summed E-state index contributed by atoms with van der Waals surface area (Å²) in [5.74, 6) is 0.00958. The fraction of sp³-hybridized carbons (Fsp3) is 0.417. The molecule has 1 aliphatic rings. The summed E-state index contributed by atoms with van der Waals surface area (Å²) >= 11 is 3.41. The van der Waals surface area contributed by atoms with Gasteiger partial charge in [-0.25, -0.2) is 0 Å². The fourth-order valence-corrected chi connectivity index (χ4v) is 2.30. The number of hydrogen-bond acceptors (Lipinski definition) is 2. The molecule has 1 amide bonds. The normalized spacial score (nSPS) is 20.2. The summed E-state index contributed by atoms with van der Waals surface area (Å²) in [4.78, 5) is 13.9. The van der Waals surface area contributed by atoms with E-state index in [4.69, 9.17) is 0 Å². The van der Waals surface area contributed by atoms with Crippen LogP contribution in [0, 0.1) is 6.92 Å². The molecule has 0 saturated carbocycles. The van der Waals surface area contributed by atoms with E-state index in [1.54, 1.807) is 4.90 Å². The maximum absolute atomic E-state index is 12.2. The van der Waals surface area contributed by atoms with Gasteiger partial charge in [-0.05, 0) is 31.0 Å². The third kappa shape index (κ3) is 2.13. The largest absolute Gasteiger partial charge is 0.391 e. The quantitative estimate of drug-likeness (QED) is 0.856. The van der Waals surface area contributed by atoms with E-state index >= 15 is 0 Å². The lowest BCUT2D eigenvalue weighted by atomic mass is 10.1. The summed E-state index contributed by atoms with van der Waals surface area (Å²) in [6.45, 7) is 3.01. The van der Waals surface area contributed by atoms with E-state index in [1.165, 1.54) is 0 Å². The lowest BCUT2D eigenvalue weighted by molar-refractivity contribution is 0.0764. The van der Waals surface area contributed by atoms with Crippen LogP contribution < -0.4 is 0 Å². The van der Waals surface area contributed by atoms with Crippen molar-refractivity contribution in [1.29, 1.82) is 0 Å². The highest BCUT2D eigenvalue weighted by Crippen LogP contribution is 2.22. The predicted octanol–water partition coefficient (Wildman–Crippen LogP) is 1.96. The van der Waals surface area contributed by atoms with Gasteiger partial charge < -0.3 is 10.0 Å². The van der Waals surface area contributed by atoms with Crippen LogP contribution in [-0.2, 0) is 0 Å². The van der Waals surface area contributed by atoms with E-state index in [0.29, 0.717) is 25.1 Å². The minimum absolute atomic E-state index is 0.00958. The molecule has 1 saturated heterocycles. The Kier molecular flexibility index (Phi) is 3.30. The Morgan fingerprint density at radius 3 is 2.94 bits per heavy atom. The first-order valence-corrected chi connectivity index (χ1v) is 6.11. The van der Waals surface area contributed by atoms with Crippen molar-refractivity contribution in [3.8, 4) is 0 Å². The van der Waals surface area contributed by atoms with Gasteiger partial charge in [0.25, 0.3) is 5.91 Å². The molecule has 1 unspecified atom stereocenters. The number of aliphatic hydroxyl groups excluding tert-OH is 1. The van der Waals surface area contributed by atoms with Crippen molar-refractivity contribution in [2.45, 2.75) is 19.4 Å². The second-order valence-electron chi connectivity index (χ2n) is 4.11. The number of halogens is 1. The highest BCUT2D eigenvalue weighted by Gasteiger charge is 2.26. The van der Waals surface area contributed by atoms with Crippen molar-refractivity contribution in [2.75, 3.05) is 13.1 Å². The Morgan fingerprint density at radius 2 is 2.31 bits per heavy atom. The van der Waals surface area contributed by atoms with Crippen LogP contribution in [0.5, 0.6) is 0 Å². The molecule has 3 nitrogen and oxygen atoms in total. The molecule has 16 heavy (non-hydrogen) atoms. The van der Waals surface area contributed by atoms with Gasteiger partial charge in [-0.15, -0.1) is 0 Å². The van der Waals surface area contributed by atoms with Crippen molar-refractivity contribution >= 4 is 21.8 Å². The first-order chi connectivity index (χ1) is 7.59. The topological polar surface area (TPSA) is 40.5 Å². The van der Waals surface area contributed by atoms with Crippen LogP contribution in [0.1, 0.15) is 22.3 Å². The van der Waals surface area contributed by atoms with Crippen molar-refractivity contribution in [2.24, 2.45) is 0 Å². The molecular formula is C12H14BrNO2. The summed E-state index contributed by atoms with van der Waals surface area (Å²) in [6.07, 6.45) is 0.315. The third-order valence-electron chi connectivity index (χ3n) is 2.95. The Balaban J connectivity index is 2.24. The molecule has 86 valence electrons. The number of amides is 1. The number of nitrogens with zero attached hydrogens (tertiary/aromatic N) is 1. The van der Waals surface area contributed by atoms with Crippen molar-refractivity contribution in [3.05, 3.63) is 33.8 Å². The third-order valence-corrected chi connectivity index (χ3v) is 3.81. The van der Waals surface area contributed by atoms with Crippen LogP contribution in [0.4, 0.5) is 0 Å². The highest BCUT2D eigenvalue weighted by atomic mass is 79.9. The van der Waals surface area contributed by atoms with Crippen LogP contribution in [0.3, 0.4) is 0 Å². The number of β-amino-alcohol motifs (C(OH)–C–C–N with tert-alkyl or cyclic N) is 1. The average Bonchev–Trinajstić information content (AvgIpc) is 2.68. The lowest BCUT2D eigenvalue weighted by Crippen LogP contribution is -2.30. The second kappa shape index (κ2) is 4.55. The number of carbonyl (C=O) groups is 1. The van der Waals surface area contributed by atoms with Crippen molar-refractivity contribution in [3.63, 3.8) is 0 Å². The van der Waals surface area contributed by atoms with Crippen LogP contribution in [0.15, 0.2) is 22.7 Å². The molecule has 2 rings (SSSR count). The molecule has 0 aromatic heterocycles. The molecule has 1 heterocycles. The minimum atomic E-state index is -0.364. The zero-order valence-electron chi connectivity index (χ0n) is 9.11. The summed E-state index contributed by atoms with van der Waals surface area (Å²) in [6, 6.07) is 5.61. The van der Waals surface area contributed by atoms with E-state index in [9.17, 15) is 9.90 Å². The van der Waals surface area contributed by atoms with Crippen LogP contribution in [-0.4, -0.2) is 35.1 Å². The average molecular weight is 284 g/mol. The van der Waals surface area contributed by atoms with Gasteiger partial charge in [-0.2, -0.15) is 0 Å². The Bertz CT molecular complexity index is 419. The molecule has 4 heteroatoms. The summed E-state index contributed by atoms with van der Waals surface area (Å²) in [5, 5.41) is 9.42. The van der Waals surface area contributed by atoms with Gasteiger partial charge in [0, 0.05) is 23.1 Å². The Labute approximate surface area is 103 Å². The van der Waals surface area contributed by atoms with Gasteiger partial charge in [0.1, 0.15) is 0 Å². The molecule has 0 spiro atoms. The standard InChI is InChI=1S/C12H14BrNO2/c1-8-10(3-2-4-11(8)13)12(16)14-6-5-9(15)7-14/h2-4,9,15H,5-7H2,1H3. The fourth-order valence-electron chi connectivity index (χ4n) is 1.94. The van der Waals surface area contributed by atoms with E-state index in [-0.39, 0.29) is 12.0 Å². The second-order valence-corrected chi connectivity index (χ2v) is 4.96. The van der Waals surface area contributed by atoms with Gasteiger partial charge in [-0.1, -0.05) is 22.0 Å². The lowest BCUT2D eigenvalue weighted by Gasteiger charge is -2.17. The van der Waals surface area contributed by atoms with Crippen LogP contribution in [0.2, 0.25) is 0 Å². The van der Waals surface area contributed by atoms with E-state index in [0.717, 1.165) is 10.0 Å². The van der Waals surface area contributed by atoms with Gasteiger partial charge >= 0.3 is 0 Å². The number of rotatable bonds is 1. The summed E-state index contributed by atoms with van der Waals surface area (Å²) in [5.41, 5.74) is 1.66. The Morgan fingerprint density at radius 1 is 1.56 bits per heavy atom. The number of carbonyl (C=O) groups excluding carboxylic acids is 1. The molecule has 1 fully saturated rings. The maximum Gasteiger partial charge on any atom is 0.254 e. The molecule has 1 aliphatic heterocycles. The van der Waals surface area contributed by atoms with Crippen molar-refractivity contribution in [1.82, 2.24) is 4.90 Å². The maximum atomic E-state index is 12.2. The number of aliphatic hydroxyl groups is 1. The number of likely N-dealkylation sites (tertiary alicyclic amines) is 1. The van der Waals surface area contributed by atoms with Crippen LogP contribution in [0.25, 0.3) is 0 Å². The molecule has 1 aromatic rings. The molecule has 0 aliphatic carbocycles. The van der Waals surface area contributed by atoms with Crippen LogP contribution >= 0.6 is 15.9 Å². The summed E-state index contributed by atoms with van der Waals surface area (Å²) < 4.78 is 0.943. The van der Waals surface area contributed by atoms with E-state index < -0.39 is 0 Å². The molecule has 1 atom stereocenters. The van der Waals surface area contributed by atoms with Gasteiger partial charge in [-0.3, -0.25) is 4.79 Å². The van der Waals surface area contributed by atoms with E-state index in [1.807, 2.05) is 25.1 Å². The SMILES string of the molecule is Cc1c(Br)cccc1C(=O)N1CCC(O)C1. The molecule has 0 bridgehead atoms. The summed E-state index contributed by atoms with van der Waals surface area (Å²) in [7, 11) is 0. The van der Waals surface area contributed by atoms with E-state index in [2.05, 4.69) is 15.9 Å².